The molecule has 11 heavy (non-hydrogen) atoms. The topological polar surface area (TPSA) is 26.3 Å². The molecule has 1 aromatic carbocycles. The Kier molecular flexibility index (Phi) is 3.01. The molecule has 1 atom stereocenters. The molecule has 4 heteroatoms. The van der Waals surface area contributed by atoms with Crippen molar-refractivity contribution in [2.75, 3.05) is 7.11 Å². The van der Waals surface area contributed by atoms with E-state index in [0.717, 1.165) is 0 Å². The van der Waals surface area contributed by atoms with Crippen molar-refractivity contribution in [3.05, 3.63) is 29.3 Å². The summed E-state index contributed by atoms with van der Waals surface area (Å²) in [7, 11) is -0.385. The number of halogens is 1. The fourth-order valence-corrected chi connectivity index (χ4v) is 1.69. The molecule has 0 saturated carbocycles. The Labute approximate surface area is 71.0 Å². The number of hydrogen-bond acceptors (Lipinski definition) is 2. The van der Waals surface area contributed by atoms with Crippen molar-refractivity contribution in [3.63, 3.8) is 0 Å². The lowest BCUT2D eigenvalue weighted by molar-refractivity contribution is 0.423. The SMILES string of the molecule is CO[P+](=O)c1ccccc1Cl. The summed E-state index contributed by atoms with van der Waals surface area (Å²) in [6, 6.07) is 6.92. The monoisotopic (exact) mass is 189 g/mol. The Morgan fingerprint density at radius 3 is 2.64 bits per heavy atom. The van der Waals surface area contributed by atoms with Gasteiger partial charge in [0.05, 0.1) is 12.1 Å². The predicted molar refractivity (Wildman–Crippen MR) is 45.7 cm³/mol. The summed E-state index contributed by atoms with van der Waals surface area (Å²) in [5.74, 6) is 0. The van der Waals surface area contributed by atoms with Crippen LogP contribution in [0.5, 0.6) is 0 Å². The molecule has 0 N–H and O–H groups in total. The van der Waals surface area contributed by atoms with Crippen molar-refractivity contribution in [2.24, 2.45) is 0 Å². The number of benzene rings is 1. The van der Waals surface area contributed by atoms with E-state index < -0.39 is 8.03 Å². The highest BCUT2D eigenvalue weighted by molar-refractivity contribution is 7.48. The summed E-state index contributed by atoms with van der Waals surface area (Å²) < 4.78 is 15.7. The van der Waals surface area contributed by atoms with Crippen molar-refractivity contribution in [1.82, 2.24) is 0 Å². The van der Waals surface area contributed by atoms with E-state index >= 15 is 0 Å². The quantitative estimate of drug-likeness (QED) is 0.668. The molecular weight excluding hydrogens is 183 g/mol. The first-order valence-corrected chi connectivity index (χ1v) is 4.57. The first kappa shape index (κ1) is 8.66. The van der Waals surface area contributed by atoms with Gasteiger partial charge < -0.3 is 0 Å². The van der Waals surface area contributed by atoms with E-state index in [4.69, 9.17) is 11.6 Å². The molecule has 0 spiro atoms. The third kappa shape index (κ3) is 2.00. The van der Waals surface area contributed by atoms with Crippen LogP contribution in [0.1, 0.15) is 0 Å². The molecular formula is C7H7ClO2P+. The van der Waals surface area contributed by atoms with Crippen LogP contribution in [-0.2, 0) is 9.09 Å². The van der Waals surface area contributed by atoms with Crippen molar-refractivity contribution >= 4 is 24.9 Å². The van der Waals surface area contributed by atoms with Gasteiger partial charge in [-0.25, -0.2) is 0 Å². The normalized spacial score (nSPS) is 11.3. The summed E-state index contributed by atoms with van der Waals surface area (Å²) in [5.41, 5.74) is 0. The minimum Gasteiger partial charge on any atom is -0.145 e. The Balaban J connectivity index is 3.03. The number of hydrogen-bond donors (Lipinski definition) is 0. The van der Waals surface area contributed by atoms with Gasteiger partial charge in [0.1, 0.15) is 0 Å². The highest BCUT2D eigenvalue weighted by Gasteiger charge is 2.22. The fraction of sp³-hybridized carbons (Fsp3) is 0.143. The minimum atomic E-state index is -1.78. The maximum Gasteiger partial charge on any atom is 0.550 e. The van der Waals surface area contributed by atoms with E-state index in [0.29, 0.717) is 10.3 Å². The summed E-state index contributed by atoms with van der Waals surface area (Å²) in [6.45, 7) is 0. The van der Waals surface area contributed by atoms with E-state index in [2.05, 4.69) is 4.52 Å². The summed E-state index contributed by atoms with van der Waals surface area (Å²) in [4.78, 5) is 0. The molecule has 0 fully saturated rings. The second-order valence-corrected chi connectivity index (χ2v) is 3.66. The molecule has 1 rings (SSSR count). The standard InChI is InChI=1S/C7H7ClO2P/c1-10-11(9)7-5-3-2-4-6(7)8/h2-5H,1H3/q+1. The van der Waals surface area contributed by atoms with Crippen LogP contribution < -0.4 is 5.30 Å². The lowest BCUT2D eigenvalue weighted by Crippen LogP contribution is -1.97. The van der Waals surface area contributed by atoms with Crippen molar-refractivity contribution in [2.45, 2.75) is 0 Å². The first-order valence-electron chi connectivity index (χ1n) is 3.01. The van der Waals surface area contributed by atoms with Gasteiger partial charge in [0, 0.05) is 0 Å². The van der Waals surface area contributed by atoms with Crippen LogP contribution >= 0.6 is 19.6 Å². The van der Waals surface area contributed by atoms with E-state index in [1.54, 1.807) is 24.3 Å². The van der Waals surface area contributed by atoms with Crippen LogP contribution in [-0.4, -0.2) is 7.11 Å². The Morgan fingerprint density at radius 2 is 2.09 bits per heavy atom. The largest absolute Gasteiger partial charge is 0.550 e. The number of rotatable bonds is 2. The molecule has 0 aliphatic carbocycles. The molecule has 0 saturated heterocycles. The summed E-state index contributed by atoms with van der Waals surface area (Å²) >= 11 is 5.73. The fourth-order valence-electron chi connectivity index (χ4n) is 0.698. The van der Waals surface area contributed by atoms with Gasteiger partial charge in [0.25, 0.3) is 0 Å². The molecule has 0 aliphatic rings. The van der Waals surface area contributed by atoms with Crippen molar-refractivity contribution in [1.29, 1.82) is 0 Å². The molecule has 0 aliphatic heterocycles. The Hall–Kier alpha value is -0.430. The van der Waals surface area contributed by atoms with Crippen molar-refractivity contribution < 1.29 is 9.09 Å². The maximum absolute atomic E-state index is 11.1. The van der Waals surface area contributed by atoms with Gasteiger partial charge in [0.15, 0.2) is 0 Å². The van der Waals surface area contributed by atoms with Gasteiger partial charge in [-0.15, -0.1) is 4.52 Å². The van der Waals surface area contributed by atoms with Crippen LogP contribution in [0, 0.1) is 0 Å². The molecule has 1 unspecified atom stereocenters. The molecule has 0 amide bonds. The van der Waals surface area contributed by atoms with Gasteiger partial charge in [-0.1, -0.05) is 23.7 Å². The zero-order valence-electron chi connectivity index (χ0n) is 5.95. The molecule has 1 aromatic rings. The lowest BCUT2D eigenvalue weighted by Gasteiger charge is -1.87. The summed E-state index contributed by atoms with van der Waals surface area (Å²) in [6.07, 6.45) is 0. The molecule has 0 bridgehead atoms. The van der Waals surface area contributed by atoms with Crippen LogP contribution in [0.15, 0.2) is 24.3 Å². The van der Waals surface area contributed by atoms with Gasteiger partial charge in [-0.3, -0.25) is 0 Å². The Bertz CT molecular complexity index is 275. The molecule has 0 heterocycles. The van der Waals surface area contributed by atoms with E-state index in [1.165, 1.54) is 7.11 Å². The molecule has 2 nitrogen and oxygen atoms in total. The van der Waals surface area contributed by atoms with Gasteiger partial charge in [-0.2, -0.15) is 0 Å². The third-order valence-corrected chi connectivity index (χ3v) is 2.79. The first-order chi connectivity index (χ1) is 5.25. The van der Waals surface area contributed by atoms with E-state index in [1.807, 2.05) is 0 Å². The van der Waals surface area contributed by atoms with Crippen LogP contribution in [0.25, 0.3) is 0 Å². The van der Waals surface area contributed by atoms with E-state index in [9.17, 15) is 4.57 Å². The minimum absolute atomic E-state index is 0.482. The maximum atomic E-state index is 11.1. The average molecular weight is 190 g/mol. The highest BCUT2D eigenvalue weighted by Crippen LogP contribution is 2.23. The second-order valence-electron chi connectivity index (χ2n) is 1.89. The summed E-state index contributed by atoms with van der Waals surface area (Å²) in [5, 5.41) is 1.03. The highest BCUT2D eigenvalue weighted by atomic mass is 35.5. The average Bonchev–Trinajstić information content (AvgIpc) is 2.04. The molecule has 0 radical (unpaired) electrons. The van der Waals surface area contributed by atoms with Crippen LogP contribution in [0.2, 0.25) is 5.02 Å². The van der Waals surface area contributed by atoms with Crippen molar-refractivity contribution in [3.8, 4) is 0 Å². The third-order valence-electron chi connectivity index (χ3n) is 1.21. The van der Waals surface area contributed by atoms with Crippen LogP contribution in [0.4, 0.5) is 0 Å². The lowest BCUT2D eigenvalue weighted by atomic mass is 10.4. The predicted octanol–water partition coefficient (Wildman–Crippen LogP) is 2.35. The zero-order chi connectivity index (χ0) is 8.27. The molecule has 58 valence electrons. The van der Waals surface area contributed by atoms with Gasteiger partial charge >= 0.3 is 8.03 Å². The molecule has 0 aromatic heterocycles. The van der Waals surface area contributed by atoms with Crippen LogP contribution in [0.3, 0.4) is 0 Å². The van der Waals surface area contributed by atoms with E-state index in [-0.39, 0.29) is 0 Å². The smallest absolute Gasteiger partial charge is 0.145 e. The Morgan fingerprint density at radius 1 is 1.45 bits per heavy atom. The van der Waals surface area contributed by atoms with Gasteiger partial charge in [-0.05, 0) is 16.7 Å². The van der Waals surface area contributed by atoms with Gasteiger partial charge in [0.2, 0.25) is 5.30 Å². The zero-order valence-corrected chi connectivity index (χ0v) is 7.60. The second kappa shape index (κ2) is 3.82.